The highest BCUT2D eigenvalue weighted by Crippen LogP contribution is 2.46. The van der Waals surface area contributed by atoms with Crippen molar-refractivity contribution in [2.45, 2.75) is 83.7 Å². The second-order valence-corrected chi connectivity index (χ2v) is 10.2. The van der Waals surface area contributed by atoms with Crippen LogP contribution in [0.1, 0.15) is 77.0 Å². The summed E-state index contributed by atoms with van der Waals surface area (Å²) in [5, 5.41) is 12.1. The normalized spacial score (nSPS) is 21.8. The number of nitrogens with zero attached hydrogens (tertiary/aromatic N) is 2. The minimum atomic E-state index is -0.854. The standard InChI is InChI=1S/C29H42N2O2.C2H6/c1-22(24-12-7-5-8-13-24)31-20-18-25(19-21-31)28(33-4)30(3)23(2)29(32,27-16-11-17-27)26-14-9-6-10-15-26;1-2/h5-10,12-15,22-23,25,27-28,32H,11,16-21H2,1-4H3;1-2H3. The van der Waals surface area contributed by atoms with Gasteiger partial charge in [0.15, 0.2) is 0 Å². The Labute approximate surface area is 214 Å². The van der Waals surface area contributed by atoms with Gasteiger partial charge < -0.3 is 9.84 Å². The first kappa shape index (κ1) is 27.9. The molecule has 4 heteroatoms. The van der Waals surface area contributed by atoms with Crippen LogP contribution in [0.4, 0.5) is 0 Å². The molecule has 2 aliphatic rings. The fraction of sp³-hybridized carbons (Fsp3) is 0.613. The first-order valence-electron chi connectivity index (χ1n) is 13.8. The van der Waals surface area contributed by atoms with E-state index in [9.17, 15) is 5.11 Å². The Morgan fingerprint density at radius 3 is 1.94 bits per heavy atom. The van der Waals surface area contributed by atoms with Gasteiger partial charge in [0.25, 0.3) is 0 Å². The Balaban J connectivity index is 0.00000167. The number of piperidine rings is 1. The minimum Gasteiger partial charge on any atom is -0.383 e. The Morgan fingerprint density at radius 1 is 0.914 bits per heavy atom. The Kier molecular flexibility index (Phi) is 10.4. The summed E-state index contributed by atoms with van der Waals surface area (Å²) in [7, 11) is 3.97. The summed E-state index contributed by atoms with van der Waals surface area (Å²) in [4.78, 5) is 4.91. The SMILES string of the molecule is CC.COC(C1CCN(C(C)c2ccccc2)CC1)N(C)C(C)C(O)(c1ccccc1)C1CCC1. The summed E-state index contributed by atoms with van der Waals surface area (Å²) in [6.07, 6.45) is 5.63. The molecule has 4 rings (SSSR count). The summed E-state index contributed by atoms with van der Waals surface area (Å²) in [6, 6.07) is 21.5. The molecule has 4 unspecified atom stereocenters. The van der Waals surface area contributed by atoms with E-state index in [-0.39, 0.29) is 12.3 Å². The third-order valence-corrected chi connectivity index (χ3v) is 8.66. The lowest BCUT2D eigenvalue weighted by molar-refractivity contribution is -0.163. The van der Waals surface area contributed by atoms with Crippen LogP contribution in [0, 0.1) is 11.8 Å². The molecule has 1 N–H and O–H groups in total. The van der Waals surface area contributed by atoms with Crippen LogP contribution >= 0.6 is 0 Å². The third-order valence-electron chi connectivity index (χ3n) is 8.66. The van der Waals surface area contributed by atoms with Gasteiger partial charge in [-0.1, -0.05) is 80.9 Å². The van der Waals surface area contributed by atoms with E-state index in [1.807, 2.05) is 39.2 Å². The van der Waals surface area contributed by atoms with E-state index in [0.29, 0.717) is 17.9 Å². The molecular formula is C31H48N2O2. The molecule has 194 valence electrons. The van der Waals surface area contributed by atoms with Crippen molar-refractivity contribution in [1.29, 1.82) is 0 Å². The molecule has 35 heavy (non-hydrogen) atoms. The Bertz CT molecular complexity index is 849. The number of hydrogen-bond acceptors (Lipinski definition) is 4. The van der Waals surface area contributed by atoms with Crippen LogP contribution in [-0.4, -0.2) is 54.4 Å². The van der Waals surface area contributed by atoms with Crippen LogP contribution in [-0.2, 0) is 10.3 Å². The first-order valence-corrected chi connectivity index (χ1v) is 13.8. The van der Waals surface area contributed by atoms with Crippen LogP contribution in [0.2, 0.25) is 0 Å². The maximum Gasteiger partial charge on any atom is 0.113 e. The van der Waals surface area contributed by atoms with Gasteiger partial charge >= 0.3 is 0 Å². The van der Waals surface area contributed by atoms with Crippen molar-refractivity contribution < 1.29 is 9.84 Å². The molecule has 1 saturated carbocycles. The number of methoxy groups -OCH3 is 1. The van der Waals surface area contributed by atoms with Crippen LogP contribution in [0.3, 0.4) is 0 Å². The quantitative estimate of drug-likeness (QED) is 0.418. The van der Waals surface area contributed by atoms with Gasteiger partial charge in [-0.2, -0.15) is 0 Å². The highest BCUT2D eigenvalue weighted by atomic mass is 16.5. The molecule has 4 nitrogen and oxygen atoms in total. The largest absolute Gasteiger partial charge is 0.383 e. The summed E-state index contributed by atoms with van der Waals surface area (Å²) in [5.41, 5.74) is 1.57. The van der Waals surface area contributed by atoms with Crippen LogP contribution in [0.15, 0.2) is 60.7 Å². The van der Waals surface area contributed by atoms with Crippen molar-refractivity contribution in [2.24, 2.45) is 11.8 Å². The number of likely N-dealkylation sites (N-methyl/N-ethyl adjacent to an activating group) is 1. The average Bonchev–Trinajstić information content (AvgIpc) is 2.89. The lowest BCUT2D eigenvalue weighted by atomic mass is 9.66. The number of hydrogen-bond donors (Lipinski definition) is 1. The van der Waals surface area contributed by atoms with E-state index in [1.165, 1.54) is 12.0 Å². The first-order chi connectivity index (χ1) is 17.0. The summed E-state index contributed by atoms with van der Waals surface area (Å²) >= 11 is 0. The number of aliphatic hydroxyl groups is 1. The maximum absolute atomic E-state index is 12.1. The van der Waals surface area contributed by atoms with Gasteiger partial charge in [-0.15, -0.1) is 0 Å². The molecular weight excluding hydrogens is 432 g/mol. The van der Waals surface area contributed by atoms with E-state index >= 15 is 0 Å². The molecule has 0 spiro atoms. The lowest BCUT2D eigenvalue weighted by Gasteiger charge is -2.51. The zero-order valence-electron chi connectivity index (χ0n) is 22.9. The maximum atomic E-state index is 12.1. The lowest BCUT2D eigenvalue weighted by Crippen LogP contribution is -2.58. The fourth-order valence-electron chi connectivity index (χ4n) is 6.13. The Hall–Kier alpha value is -1.72. The van der Waals surface area contributed by atoms with Crippen molar-refractivity contribution in [3.05, 3.63) is 71.8 Å². The monoisotopic (exact) mass is 480 g/mol. The van der Waals surface area contributed by atoms with Crippen LogP contribution in [0.25, 0.3) is 0 Å². The summed E-state index contributed by atoms with van der Waals surface area (Å²) < 4.78 is 6.11. The number of likely N-dealkylation sites (tertiary alicyclic amines) is 1. The second-order valence-electron chi connectivity index (χ2n) is 10.2. The van der Waals surface area contributed by atoms with E-state index in [0.717, 1.165) is 44.3 Å². The van der Waals surface area contributed by atoms with Gasteiger partial charge in [0, 0.05) is 25.1 Å². The summed E-state index contributed by atoms with van der Waals surface area (Å²) in [5.74, 6) is 0.770. The van der Waals surface area contributed by atoms with Crippen molar-refractivity contribution >= 4 is 0 Å². The molecule has 0 radical (unpaired) electrons. The van der Waals surface area contributed by atoms with E-state index in [1.54, 1.807) is 0 Å². The molecule has 1 saturated heterocycles. The predicted molar refractivity (Wildman–Crippen MR) is 146 cm³/mol. The van der Waals surface area contributed by atoms with Gasteiger partial charge in [0.1, 0.15) is 11.8 Å². The van der Waals surface area contributed by atoms with Crippen molar-refractivity contribution in [2.75, 3.05) is 27.2 Å². The van der Waals surface area contributed by atoms with Crippen molar-refractivity contribution in [3.63, 3.8) is 0 Å². The zero-order valence-corrected chi connectivity index (χ0v) is 22.9. The van der Waals surface area contributed by atoms with Crippen molar-refractivity contribution in [1.82, 2.24) is 9.80 Å². The van der Waals surface area contributed by atoms with Crippen LogP contribution in [0.5, 0.6) is 0 Å². The zero-order chi connectivity index (χ0) is 25.4. The minimum absolute atomic E-state index is 0.00416. The highest BCUT2D eigenvalue weighted by Gasteiger charge is 2.49. The van der Waals surface area contributed by atoms with Gasteiger partial charge in [-0.3, -0.25) is 9.80 Å². The molecule has 2 aromatic rings. The number of ether oxygens (including phenoxy) is 1. The molecule has 1 aliphatic heterocycles. The van der Waals surface area contributed by atoms with Gasteiger partial charge in [0.05, 0.1) is 0 Å². The molecule has 4 atom stereocenters. The highest BCUT2D eigenvalue weighted by molar-refractivity contribution is 5.26. The topological polar surface area (TPSA) is 35.9 Å². The summed E-state index contributed by atoms with van der Waals surface area (Å²) in [6.45, 7) is 10.7. The molecule has 0 aromatic heterocycles. The van der Waals surface area contributed by atoms with Gasteiger partial charge in [0.2, 0.25) is 0 Å². The van der Waals surface area contributed by atoms with Gasteiger partial charge in [-0.05, 0) is 76.7 Å². The van der Waals surface area contributed by atoms with E-state index in [2.05, 4.69) is 73.2 Å². The molecule has 2 aromatic carbocycles. The van der Waals surface area contributed by atoms with E-state index < -0.39 is 5.60 Å². The molecule has 2 fully saturated rings. The number of benzene rings is 2. The molecule has 0 bridgehead atoms. The van der Waals surface area contributed by atoms with Crippen LogP contribution < -0.4 is 0 Å². The average molecular weight is 481 g/mol. The smallest absolute Gasteiger partial charge is 0.113 e. The van der Waals surface area contributed by atoms with Gasteiger partial charge in [-0.25, -0.2) is 0 Å². The Morgan fingerprint density at radius 2 is 1.46 bits per heavy atom. The predicted octanol–water partition coefficient (Wildman–Crippen LogP) is 6.47. The molecule has 0 amide bonds. The van der Waals surface area contributed by atoms with Crippen molar-refractivity contribution in [3.8, 4) is 0 Å². The number of rotatable bonds is 9. The third kappa shape index (κ3) is 5.99. The van der Waals surface area contributed by atoms with E-state index in [4.69, 9.17) is 4.74 Å². The molecule has 1 aliphatic carbocycles. The molecule has 1 heterocycles. The fourth-order valence-corrected chi connectivity index (χ4v) is 6.13. The second kappa shape index (κ2) is 13.0.